The van der Waals surface area contributed by atoms with Crippen LogP contribution in [-0.2, 0) is 24.5 Å². The molecule has 1 N–H and O–H groups in total. The number of hydrogen-bond acceptors (Lipinski definition) is 6. The molecule has 0 spiro atoms. The van der Waals surface area contributed by atoms with Crippen molar-refractivity contribution in [3.8, 4) is 0 Å². The molecule has 0 aromatic carbocycles. The van der Waals surface area contributed by atoms with E-state index in [1.54, 1.807) is 11.6 Å². The Balaban J connectivity index is 2.80. The van der Waals surface area contributed by atoms with E-state index in [4.69, 9.17) is 4.74 Å². The van der Waals surface area contributed by atoms with Gasteiger partial charge in [-0.1, -0.05) is 0 Å². The van der Waals surface area contributed by atoms with Gasteiger partial charge < -0.3 is 9.47 Å². The molecule has 1 heterocycles. The van der Waals surface area contributed by atoms with E-state index in [-0.39, 0.29) is 13.2 Å². The minimum atomic E-state index is -4.08. The molecule has 1 aliphatic heterocycles. The third kappa shape index (κ3) is 3.33. The SMILES string of the molecule is CCOC(=O)C1CCCN1S(=O)(=O)NC(=O)OC. The molecule has 1 unspecified atom stereocenters. The van der Waals surface area contributed by atoms with Crippen LogP contribution in [0.2, 0.25) is 0 Å². The number of rotatable bonds is 4. The quantitative estimate of drug-likeness (QED) is 0.704. The van der Waals surface area contributed by atoms with Crippen molar-refractivity contribution >= 4 is 22.3 Å². The fourth-order valence-corrected chi connectivity index (χ4v) is 3.01. The van der Waals surface area contributed by atoms with Crippen molar-refractivity contribution in [2.24, 2.45) is 0 Å². The number of hydrogen-bond donors (Lipinski definition) is 1. The summed E-state index contributed by atoms with van der Waals surface area (Å²) < 4.78 is 35.3. The second kappa shape index (κ2) is 6.01. The van der Waals surface area contributed by atoms with Crippen LogP contribution >= 0.6 is 0 Å². The minimum Gasteiger partial charge on any atom is -0.465 e. The molecular formula is C9H16N2O6S. The van der Waals surface area contributed by atoms with Crippen LogP contribution < -0.4 is 4.72 Å². The maximum Gasteiger partial charge on any atom is 0.421 e. The van der Waals surface area contributed by atoms with Gasteiger partial charge in [-0.25, -0.2) is 9.52 Å². The molecule has 9 heteroatoms. The van der Waals surface area contributed by atoms with E-state index in [1.165, 1.54) is 0 Å². The molecule has 1 amide bonds. The van der Waals surface area contributed by atoms with E-state index in [0.29, 0.717) is 12.8 Å². The number of ether oxygens (including phenoxy) is 2. The lowest BCUT2D eigenvalue weighted by Gasteiger charge is -2.22. The van der Waals surface area contributed by atoms with E-state index < -0.39 is 28.3 Å². The molecule has 1 atom stereocenters. The number of nitrogens with one attached hydrogen (secondary N) is 1. The van der Waals surface area contributed by atoms with Crippen LogP contribution in [0.5, 0.6) is 0 Å². The molecule has 104 valence electrons. The van der Waals surface area contributed by atoms with Gasteiger partial charge in [0.2, 0.25) is 0 Å². The summed E-state index contributed by atoms with van der Waals surface area (Å²) in [5.74, 6) is -0.606. The van der Waals surface area contributed by atoms with Crippen LogP contribution in [0.3, 0.4) is 0 Å². The van der Waals surface area contributed by atoms with Gasteiger partial charge >= 0.3 is 22.3 Å². The zero-order valence-corrected chi connectivity index (χ0v) is 11.0. The smallest absolute Gasteiger partial charge is 0.421 e. The van der Waals surface area contributed by atoms with Gasteiger partial charge in [0.05, 0.1) is 13.7 Å². The van der Waals surface area contributed by atoms with E-state index in [1.807, 2.05) is 0 Å². The summed E-state index contributed by atoms with van der Waals surface area (Å²) in [5, 5.41) is 0. The number of amides is 1. The maximum absolute atomic E-state index is 11.8. The molecule has 1 aliphatic rings. The molecule has 0 aliphatic carbocycles. The Bertz CT molecular complexity index is 421. The molecule has 1 rings (SSSR count). The summed E-state index contributed by atoms with van der Waals surface area (Å²) in [5.41, 5.74) is 0. The first kappa shape index (κ1) is 14.7. The fraction of sp³-hybridized carbons (Fsp3) is 0.778. The monoisotopic (exact) mass is 280 g/mol. The van der Waals surface area contributed by atoms with Gasteiger partial charge in [-0.05, 0) is 19.8 Å². The van der Waals surface area contributed by atoms with Crippen molar-refractivity contribution in [2.75, 3.05) is 20.3 Å². The fourth-order valence-electron chi connectivity index (χ4n) is 1.71. The average molecular weight is 280 g/mol. The number of carbonyl (C=O) groups is 2. The van der Waals surface area contributed by atoms with Gasteiger partial charge in [0.1, 0.15) is 6.04 Å². The molecule has 0 aromatic rings. The summed E-state index contributed by atoms with van der Waals surface area (Å²) in [6.07, 6.45) is -0.184. The van der Waals surface area contributed by atoms with Crippen LogP contribution in [0.25, 0.3) is 0 Å². The Kier molecular flexibility index (Phi) is 4.91. The summed E-state index contributed by atoms with van der Waals surface area (Å²) in [7, 11) is -3.02. The minimum absolute atomic E-state index is 0.163. The lowest BCUT2D eigenvalue weighted by Crippen LogP contribution is -2.48. The van der Waals surface area contributed by atoms with Crippen LogP contribution in [0.15, 0.2) is 0 Å². The van der Waals surface area contributed by atoms with Crippen molar-refractivity contribution in [1.82, 2.24) is 9.03 Å². The molecule has 0 aromatic heterocycles. The Morgan fingerprint density at radius 2 is 2.11 bits per heavy atom. The van der Waals surface area contributed by atoms with Gasteiger partial charge in [0, 0.05) is 6.54 Å². The van der Waals surface area contributed by atoms with Gasteiger partial charge in [-0.2, -0.15) is 12.7 Å². The molecule has 8 nitrogen and oxygen atoms in total. The van der Waals surface area contributed by atoms with Gasteiger partial charge in [-0.3, -0.25) is 4.79 Å². The average Bonchev–Trinajstić information content (AvgIpc) is 2.78. The maximum atomic E-state index is 11.8. The second-order valence-corrected chi connectivity index (χ2v) is 5.24. The predicted molar refractivity (Wildman–Crippen MR) is 60.8 cm³/mol. The highest BCUT2D eigenvalue weighted by atomic mass is 32.2. The van der Waals surface area contributed by atoms with Crippen molar-refractivity contribution in [3.05, 3.63) is 0 Å². The molecule has 0 bridgehead atoms. The first-order valence-corrected chi connectivity index (χ1v) is 6.90. The Morgan fingerprint density at radius 1 is 1.44 bits per heavy atom. The zero-order valence-electron chi connectivity index (χ0n) is 10.2. The van der Waals surface area contributed by atoms with Crippen molar-refractivity contribution < 1.29 is 27.5 Å². The Morgan fingerprint density at radius 3 is 2.67 bits per heavy atom. The largest absolute Gasteiger partial charge is 0.465 e. The van der Waals surface area contributed by atoms with Crippen LogP contribution in [0.4, 0.5) is 4.79 Å². The summed E-state index contributed by atoms with van der Waals surface area (Å²) in [6.45, 7) is 1.97. The summed E-state index contributed by atoms with van der Waals surface area (Å²) >= 11 is 0. The highest BCUT2D eigenvalue weighted by molar-refractivity contribution is 7.87. The topological polar surface area (TPSA) is 102 Å². The lowest BCUT2D eigenvalue weighted by atomic mass is 10.2. The van der Waals surface area contributed by atoms with Crippen LogP contribution in [0, 0.1) is 0 Å². The van der Waals surface area contributed by atoms with E-state index >= 15 is 0 Å². The van der Waals surface area contributed by atoms with E-state index in [0.717, 1.165) is 11.4 Å². The van der Waals surface area contributed by atoms with Crippen molar-refractivity contribution in [1.29, 1.82) is 0 Å². The lowest BCUT2D eigenvalue weighted by molar-refractivity contribution is -0.146. The van der Waals surface area contributed by atoms with Gasteiger partial charge in [-0.15, -0.1) is 0 Å². The number of methoxy groups -OCH3 is 1. The third-order valence-corrected chi connectivity index (χ3v) is 3.95. The van der Waals surface area contributed by atoms with Gasteiger partial charge in [0.25, 0.3) is 0 Å². The van der Waals surface area contributed by atoms with Crippen molar-refractivity contribution in [3.63, 3.8) is 0 Å². The number of nitrogens with zero attached hydrogens (tertiary/aromatic N) is 1. The standard InChI is InChI=1S/C9H16N2O6S/c1-3-17-8(12)7-5-4-6-11(7)18(14,15)10-9(13)16-2/h7H,3-6H2,1-2H3,(H,10,13). The van der Waals surface area contributed by atoms with Gasteiger partial charge in [0.15, 0.2) is 0 Å². The summed E-state index contributed by atoms with van der Waals surface area (Å²) in [4.78, 5) is 22.5. The third-order valence-electron chi connectivity index (χ3n) is 2.47. The Hall–Kier alpha value is -1.35. The second-order valence-electron chi connectivity index (χ2n) is 3.62. The molecular weight excluding hydrogens is 264 g/mol. The van der Waals surface area contributed by atoms with Crippen LogP contribution in [-0.4, -0.2) is 51.1 Å². The highest BCUT2D eigenvalue weighted by Crippen LogP contribution is 2.21. The molecule has 0 radical (unpaired) electrons. The predicted octanol–water partition coefficient (Wildman–Crippen LogP) is -0.385. The zero-order chi connectivity index (χ0) is 13.8. The number of carbonyl (C=O) groups excluding carboxylic acids is 2. The molecule has 0 saturated carbocycles. The molecule has 1 fully saturated rings. The normalized spacial score (nSPS) is 20.4. The highest BCUT2D eigenvalue weighted by Gasteiger charge is 2.40. The van der Waals surface area contributed by atoms with E-state index in [9.17, 15) is 18.0 Å². The molecule has 1 saturated heterocycles. The van der Waals surface area contributed by atoms with Crippen molar-refractivity contribution in [2.45, 2.75) is 25.8 Å². The Labute approximate surface area is 105 Å². The first-order valence-electron chi connectivity index (χ1n) is 5.46. The van der Waals surface area contributed by atoms with Crippen LogP contribution in [0.1, 0.15) is 19.8 Å². The van der Waals surface area contributed by atoms with E-state index in [2.05, 4.69) is 4.74 Å². The molecule has 18 heavy (non-hydrogen) atoms. The first-order chi connectivity index (χ1) is 8.42. The summed E-state index contributed by atoms with van der Waals surface area (Å²) in [6, 6.07) is -0.882. The number of esters is 1.